The molecule has 0 amide bonds. The average molecular weight is 375 g/mol. The average Bonchev–Trinajstić information content (AvgIpc) is 3.23. The Bertz CT molecular complexity index is 884. The fraction of sp³-hybridized carbons (Fsp3) is 0.174. The van der Waals surface area contributed by atoms with Crippen LogP contribution in [0, 0.1) is 0 Å². The summed E-state index contributed by atoms with van der Waals surface area (Å²) in [4.78, 5) is 6.82. The summed E-state index contributed by atoms with van der Waals surface area (Å²) >= 11 is 1.63. The van der Waals surface area contributed by atoms with Crippen LogP contribution in [-0.4, -0.2) is 16.1 Å². The van der Waals surface area contributed by atoms with Gasteiger partial charge in [-0.15, -0.1) is 11.8 Å². The summed E-state index contributed by atoms with van der Waals surface area (Å²) in [5.41, 5.74) is 2.87. The van der Waals surface area contributed by atoms with E-state index in [2.05, 4.69) is 29.4 Å². The summed E-state index contributed by atoms with van der Waals surface area (Å²) in [6.07, 6.45) is -0.0744. The van der Waals surface area contributed by atoms with Gasteiger partial charge < -0.3 is 9.94 Å². The molecule has 3 atom stereocenters. The van der Waals surface area contributed by atoms with E-state index in [1.54, 1.807) is 11.8 Å². The lowest BCUT2D eigenvalue weighted by Gasteiger charge is -2.22. The predicted molar refractivity (Wildman–Crippen MR) is 110 cm³/mol. The third-order valence-electron chi connectivity index (χ3n) is 4.63. The molecule has 0 aromatic heterocycles. The highest BCUT2D eigenvalue weighted by atomic mass is 32.2. The van der Waals surface area contributed by atoms with E-state index in [9.17, 15) is 5.11 Å². The van der Waals surface area contributed by atoms with Crippen molar-refractivity contribution in [2.75, 3.05) is 0 Å². The summed E-state index contributed by atoms with van der Waals surface area (Å²) in [5, 5.41) is 15.3. The molecule has 4 rings (SSSR count). The van der Waals surface area contributed by atoms with Crippen LogP contribution in [0.25, 0.3) is 0 Å². The van der Waals surface area contributed by atoms with Crippen LogP contribution >= 0.6 is 11.8 Å². The van der Waals surface area contributed by atoms with Crippen LogP contribution in [0.15, 0.2) is 101 Å². The largest absolute Gasteiger partial charge is 0.387 e. The molecule has 0 spiro atoms. The van der Waals surface area contributed by atoms with Gasteiger partial charge >= 0.3 is 0 Å². The Morgan fingerprint density at radius 3 is 2.11 bits per heavy atom. The molecule has 3 aromatic rings. The van der Waals surface area contributed by atoms with Crippen molar-refractivity contribution in [2.24, 2.45) is 5.16 Å². The van der Waals surface area contributed by atoms with Gasteiger partial charge in [0.2, 0.25) is 0 Å². The number of thioether (sulfide) groups is 1. The molecule has 136 valence electrons. The molecule has 27 heavy (non-hydrogen) atoms. The van der Waals surface area contributed by atoms with Crippen LogP contribution in [0.1, 0.15) is 29.8 Å². The van der Waals surface area contributed by atoms with E-state index in [0.29, 0.717) is 6.42 Å². The number of hydrogen-bond acceptors (Lipinski definition) is 4. The Morgan fingerprint density at radius 1 is 0.852 bits per heavy atom. The summed E-state index contributed by atoms with van der Waals surface area (Å²) in [6.45, 7) is 0. The molecule has 1 heterocycles. The molecule has 1 aliphatic rings. The molecular formula is C23H21NO2S. The summed E-state index contributed by atoms with van der Waals surface area (Å²) in [6, 6.07) is 30.0. The highest BCUT2D eigenvalue weighted by Gasteiger charge is 2.34. The van der Waals surface area contributed by atoms with Gasteiger partial charge in [0.15, 0.2) is 6.10 Å². The molecule has 4 heteroatoms. The maximum atomic E-state index is 11.1. The normalized spacial score (nSPS) is 18.4. The Kier molecular flexibility index (Phi) is 5.56. The topological polar surface area (TPSA) is 41.8 Å². The third kappa shape index (κ3) is 4.24. The zero-order valence-electron chi connectivity index (χ0n) is 14.8. The van der Waals surface area contributed by atoms with Crippen molar-refractivity contribution in [1.82, 2.24) is 0 Å². The van der Waals surface area contributed by atoms with Crippen LogP contribution in [0.3, 0.4) is 0 Å². The van der Waals surface area contributed by atoms with Crippen LogP contribution in [0.5, 0.6) is 0 Å². The van der Waals surface area contributed by atoms with Crippen molar-refractivity contribution < 1.29 is 9.94 Å². The molecule has 0 radical (unpaired) electrons. The summed E-state index contributed by atoms with van der Waals surface area (Å²) in [5.74, 6) is 0. The smallest absolute Gasteiger partial charge is 0.157 e. The van der Waals surface area contributed by atoms with Gasteiger partial charge in [-0.05, 0) is 23.3 Å². The Labute approximate surface area is 163 Å². The van der Waals surface area contributed by atoms with Crippen molar-refractivity contribution in [1.29, 1.82) is 0 Å². The highest BCUT2D eigenvalue weighted by molar-refractivity contribution is 8.00. The molecule has 3 aromatic carbocycles. The van der Waals surface area contributed by atoms with Crippen LogP contribution in [0.4, 0.5) is 0 Å². The zero-order valence-corrected chi connectivity index (χ0v) is 15.6. The van der Waals surface area contributed by atoms with Crippen molar-refractivity contribution >= 4 is 17.5 Å². The maximum absolute atomic E-state index is 11.1. The second-order valence-electron chi connectivity index (χ2n) is 6.50. The fourth-order valence-corrected chi connectivity index (χ4v) is 4.36. The first kappa shape index (κ1) is 17.8. The SMILES string of the molecule is OC(c1ccccc1)C(Sc1ccccc1)C1=NOC(c2ccccc2)C1. The molecule has 3 nitrogen and oxygen atoms in total. The van der Waals surface area contributed by atoms with Crippen molar-refractivity contribution in [3.05, 3.63) is 102 Å². The van der Waals surface area contributed by atoms with E-state index >= 15 is 0 Å². The van der Waals surface area contributed by atoms with Gasteiger partial charge in [-0.2, -0.15) is 0 Å². The van der Waals surface area contributed by atoms with Crippen LogP contribution in [0.2, 0.25) is 0 Å². The molecule has 3 unspecified atom stereocenters. The molecule has 0 bridgehead atoms. The lowest BCUT2D eigenvalue weighted by atomic mass is 9.98. The quantitative estimate of drug-likeness (QED) is 0.587. The van der Waals surface area contributed by atoms with E-state index in [4.69, 9.17) is 4.84 Å². The van der Waals surface area contributed by atoms with Crippen molar-refractivity contribution in [3.8, 4) is 0 Å². The summed E-state index contributed by atoms with van der Waals surface area (Å²) < 4.78 is 0. The first-order chi connectivity index (χ1) is 13.3. The molecule has 1 aliphatic heterocycles. The minimum absolute atomic E-state index is 0.0944. The number of hydrogen-bond donors (Lipinski definition) is 1. The Hall–Kier alpha value is -2.56. The van der Waals surface area contributed by atoms with E-state index < -0.39 is 6.10 Å². The number of oxime groups is 1. The number of rotatable bonds is 6. The van der Waals surface area contributed by atoms with Gasteiger partial charge in [-0.25, -0.2) is 0 Å². The minimum atomic E-state index is -0.659. The summed E-state index contributed by atoms with van der Waals surface area (Å²) in [7, 11) is 0. The lowest BCUT2D eigenvalue weighted by molar-refractivity contribution is 0.0856. The van der Waals surface area contributed by atoms with Crippen LogP contribution in [-0.2, 0) is 4.84 Å². The van der Waals surface area contributed by atoms with E-state index in [0.717, 1.165) is 21.7 Å². The number of aliphatic hydroxyl groups excluding tert-OH is 1. The van der Waals surface area contributed by atoms with Crippen molar-refractivity contribution in [2.45, 2.75) is 28.8 Å². The molecular weight excluding hydrogens is 354 g/mol. The molecule has 0 fully saturated rings. The minimum Gasteiger partial charge on any atom is -0.387 e. The third-order valence-corrected chi connectivity index (χ3v) is 5.95. The van der Waals surface area contributed by atoms with Gasteiger partial charge in [0, 0.05) is 11.3 Å². The van der Waals surface area contributed by atoms with Gasteiger partial charge in [0.25, 0.3) is 0 Å². The molecule has 0 saturated heterocycles. The first-order valence-electron chi connectivity index (χ1n) is 9.03. The zero-order chi connectivity index (χ0) is 18.5. The van der Waals surface area contributed by atoms with Crippen LogP contribution < -0.4 is 0 Å². The van der Waals surface area contributed by atoms with E-state index in [1.807, 2.05) is 66.7 Å². The maximum Gasteiger partial charge on any atom is 0.157 e. The Morgan fingerprint density at radius 2 is 1.44 bits per heavy atom. The standard InChI is InChI=1S/C23H21NO2S/c25-22(18-12-6-2-7-13-18)23(27-19-14-8-3-9-15-19)20-16-21(26-24-20)17-10-4-1-5-11-17/h1-15,21-23,25H,16H2. The van der Waals surface area contributed by atoms with Gasteiger partial charge in [0.05, 0.1) is 17.1 Å². The predicted octanol–water partition coefficient (Wildman–Crippen LogP) is 5.40. The van der Waals surface area contributed by atoms with E-state index in [-0.39, 0.29) is 11.4 Å². The molecule has 0 saturated carbocycles. The second-order valence-corrected chi connectivity index (χ2v) is 7.71. The Balaban J connectivity index is 1.58. The monoisotopic (exact) mass is 375 g/mol. The first-order valence-corrected chi connectivity index (χ1v) is 9.91. The number of nitrogens with zero attached hydrogens (tertiary/aromatic N) is 1. The molecule has 0 aliphatic carbocycles. The fourth-order valence-electron chi connectivity index (χ4n) is 3.20. The van der Waals surface area contributed by atoms with Crippen molar-refractivity contribution in [3.63, 3.8) is 0 Å². The van der Waals surface area contributed by atoms with Gasteiger partial charge in [0.1, 0.15) is 0 Å². The second kappa shape index (κ2) is 8.42. The molecule has 1 N–H and O–H groups in total. The number of aliphatic hydroxyl groups is 1. The van der Waals surface area contributed by atoms with Gasteiger partial charge in [-0.1, -0.05) is 84.0 Å². The lowest BCUT2D eigenvalue weighted by Crippen LogP contribution is -2.24. The van der Waals surface area contributed by atoms with E-state index in [1.165, 1.54) is 0 Å². The van der Waals surface area contributed by atoms with Gasteiger partial charge in [-0.3, -0.25) is 0 Å². The number of benzene rings is 3. The highest BCUT2D eigenvalue weighted by Crippen LogP contribution is 2.38.